The van der Waals surface area contributed by atoms with Gasteiger partial charge in [0.2, 0.25) is 0 Å². The normalized spacial score (nSPS) is 51.2. The summed E-state index contributed by atoms with van der Waals surface area (Å²) in [6.07, 6.45) is 20.4. The highest BCUT2D eigenvalue weighted by Crippen LogP contribution is 2.59. The van der Waals surface area contributed by atoms with Gasteiger partial charge in [-0.1, -0.05) is 49.5 Å². The van der Waals surface area contributed by atoms with Crippen molar-refractivity contribution >= 4 is 0 Å². The van der Waals surface area contributed by atoms with Crippen molar-refractivity contribution in [2.24, 2.45) is 58.7 Å². The molecule has 0 radical (unpaired) electrons. The first-order valence-corrected chi connectivity index (χ1v) is 12.5. The van der Waals surface area contributed by atoms with Crippen molar-refractivity contribution in [1.82, 2.24) is 0 Å². The topological polar surface area (TPSA) is 0 Å². The third kappa shape index (κ3) is 5.09. The molecule has 0 heterocycles. The van der Waals surface area contributed by atoms with Crippen molar-refractivity contribution in [3.05, 3.63) is 0 Å². The van der Waals surface area contributed by atoms with Gasteiger partial charge in [0.05, 0.1) is 0 Å². The van der Waals surface area contributed by atoms with Crippen molar-refractivity contribution in [1.29, 1.82) is 0 Å². The average molecular weight is 405 g/mol. The van der Waals surface area contributed by atoms with E-state index in [2.05, 4.69) is 20.8 Å². The Morgan fingerprint density at radius 1 is 0.517 bits per heavy atom. The predicted octanol–water partition coefficient (Wildman–Crippen LogP) is 9.63. The zero-order chi connectivity index (χ0) is 17.9. The third-order valence-corrected chi connectivity index (χ3v) is 10.4. The lowest BCUT2D eigenvalue weighted by atomic mass is 9.50. The summed E-state index contributed by atoms with van der Waals surface area (Å²) in [4.78, 5) is 0. The monoisotopic (exact) mass is 404 g/mol. The summed E-state index contributed by atoms with van der Waals surface area (Å²) in [5.41, 5.74) is 0.800. The second-order valence-electron chi connectivity index (χ2n) is 12.6. The number of hydrogen-bond donors (Lipinski definition) is 0. The maximum atomic E-state index is 2.54. The van der Waals surface area contributed by atoms with Crippen molar-refractivity contribution in [3.63, 3.8) is 0 Å². The maximum absolute atomic E-state index is 2.54. The molecule has 0 aromatic rings. The molecule has 0 amide bonds. The van der Waals surface area contributed by atoms with Gasteiger partial charge in [0.25, 0.3) is 0 Å². The van der Waals surface area contributed by atoms with Crippen molar-refractivity contribution in [2.45, 2.75) is 127 Å². The molecule has 0 spiro atoms. The van der Waals surface area contributed by atoms with Crippen molar-refractivity contribution in [3.8, 4) is 0 Å². The first kappa shape index (κ1) is 25.3. The van der Waals surface area contributed by atoms with E-state index in [4.69, 9.17) is 0 Å². The van der Waals surface area contributed by atoms with Crippen LogP contribution in [0.25, 0.3) is 0 Å². The van der Waals surface area contributed by atoms with Crippen LogP contribution in [0.15, 0.2) is 0 Å². The number of fused-ring (bicyclic) bond motifs is 3. The summed E-state index contributed by atoms with van der Waals surface area (Å²) in [5.74, 6) is 10.2. The largest absolute Gasteiger partial charge is 0.0776 e. The van der Waals surface area contributed by atoms with Crippen LogP contribution in [0, 0.1) is 58.7 Å². The van der Waals surface area contributed by atoms with Crippen LogP contribution >= 0.6 is 0 Å². The van der Waals surface area contributed by atoms with E-state index in [0.29, 0.717) is 0 Å². The van der Waals surface area contributed by atoms with E-state index in [0.717, 1.165) is 58.7 Å². The second kappa shape index (κ2) is 9.65. The molecule has 8 bridgehead atoms. The highest BCUT2D eigenvalue weighted by atomic mass is 14.5. The van der Waals surface area contributed by atoms with Gasteiger partial charge < -0.3 is 0 Å². The summed E-state index contributed by atoms with van der Waals surface area (Å²) in [5, 5.41) is 0. The van der Waals surface area contributed by atoms with Gasteiger partial charge in [0, 0.05) is 0 Å². The van der Waals surface area contributed by atoms with Gasteiger partial charge >= 0.3 is 0 Å². The Labute approximate surface area is 185 Å². The van der Waals surface area contributed by atoms with Crippen molar-refractivity contribution < 1.29 is 0 Å². The highest BCUT2D eigenvalue weighted by Gasteiger charge is 2.48. The van der Waals surface area contributed by atoms with Gasteiger partial charge in [-0.15, -0.1) is 0 Å². The van der Waals surface area contributed by atoms with Crippen LogP contribution in [0.5, 0.6) is 0 Å². The predicted molar refractivity (Wildman–Crippen MR) is 131 cm³/mol. The lowest BCUT2D eigenvalue weighted by Gasteiger charge is -2.55. The average Bonchev–Trinajstić information content (AvgIpc) is 3.34. The fraction of sp³-hybridized carbons (Fsp3) is 1.00. The van der Waals surface area contributed by atoms with Crippen LogP contribution in [-0.2, 0) is 0 Å². The van der Waals surface area contributed by atoms with Crippen LogP contribution in [0.4, 0.5) is 0 Å². The minimum absolute atomic E-state index is 0. The molecule has 0 aromatic heterocycles. The van der Waals surface area contributed by atoms with Gasteiger partial charge in [-0.2, -0.15) is 0 Å². The molecule has 0 saturated heterocycles. The molecule has 5 unspecified atom stereocenters. The summed E-state index contributed by atoms with van der Waals surface area (Å²) in [6, 6.07) is 0. The molecule has 172 valence electrons. The standard InChI is InChI=1S/C11H18.C8H14.C7H12.3CH4/c1-11-5-8-2-9(6-11)4-10(3-8)7-11;1-6-4-7-2-3-8(6)5-7;1-5-6-2-3-7(5)4-6;;;/h8-10H,2-7H2,1H3;6-8H,2-5H2,1H3;5-7H,2-4H2,1H3;3*1H4. The Balaban J connectivity index is 0.000000151. The lowest BCUT2D eigenvalue weighted by molar-refractivity contribution is -0.0411. The Morgan fingerprint density at radius 2 is 1.00 bits per heavy atom. The summed E-state index contributed by atoms with van der Waals surface area (Å²) in [7, 11) is 0. The molecule has 0 N–H and O–H groups in total. The van der Waals surface area contributed by atoms with Gasteiger partial charge in [-0.05, 0) is 136 Å². The van der Waals surface area contributed by atoms with Crippen molar-refractivity contribution in [2.75, 3.05) is 0 Å². The van der Waals surface area contributed by atoms with Gasteiger partial charge in [0.1, 0.15) is 0 Å². The smallest absolute Gasteiger partial charge is 0.0318 e. The summed E-state index contributed by atoms with van der Waals surface area (Å²) in [6.45, 7) is 7.37. The van der Waals surface area contributed by atoms with E-state index in [1.54, 1.807) is 83.5 Å². The Kier molecular flexibility index (Phi) is 8.40. The molecule has 0 nitrogen and oxygen atoms in total. The van der Waals surface area contributed by atoms with Crippen LogP contribution in [0.1, 0.15) is 127 Å². The van der Waals surface area contributed by atoms with Crippen LogP contribution in [-0.4, -0.2) is 0 Å². The van der Waals surface area contributed by atoms with Gasteiger partial charge in [-0.25, -0.2) is 0 Å². The van der Waals surface area contributed by atoms with Crippen LogP contribution in [0.3, 0.4) is 0 Å². The second-order valence-corrected chi connectivity index (χ2v) is 12.6. The molecule has 9 aliphatic rings. The molecule has 9 rings (SSSR count). The fourth-order valence-electron chi connectivity index (χ4n) is 9.30. The van der Waals surface area contributed by atoms with E-state index in [-0.39, 0.29) is 22.3 Å². The van der Waals surface area contributed by atoms with Gasteiger partial charge in [0.15, 0.2) is 0 Å². The minimum Gasteiger partial charge on any atom is -0.0776 e. The van der Waals surface area contributed by atoms with Gasteiger partial charge in [-0.3, -0.25) is 0 Å². The first-order valence-electron chi connectivity index (χ1n) is 12.5. The minimum atomic E-state index is 0. The molecule has 29 heavy (non-hydrogen) atoms. The molecule has 0 heteroatoms. The SMILES string of the molecule is C.C.C.CC12CC3CC(CC(C3)C1)C2.CC1C2CCC1C2.CC1CC2CCC1C2. The summed E-state index contributed by atoms with van der Waals surface area (Å²) >= 11 is 0. The molecular weight excluding hydrogens is 348 g/mol. The quantitative estimate of drug-likeness (QED) is 0.377. The van der Waals surface area contributed by atoms with E-state index < -0.39 is 0 Å². The van der Waals surface area contributed by atoms with Crippen LogP contribution in [0.2, 0.25) is 0 Å². The van der Waals surface area contributed by atoms with Crippen LogP contribution < -0.4 is 0 Å². The Hall–Kier alpha value is 0. The van der Waals surface area contributed by atoms with E-state index in [1.807, 2.05) is 0 Å². The summed E-state index contributed by atoms with van der Waals surface area (Å²) < 4.78 is 0. The molecule has 0 aliphatic heterocycles. The maximum Gasteiger partial charge on any atom is -0.0318 e. The van der Waals surface area contributed by atoms with E-state index >= 15 is 0 Å². The van der Waals surface area contributed by atoms with E-state index in [9.17, 15) is 0 Å². The molecule has 9 saturated carbocycles. The molecule has 5 atom stereocenters. The first-order chi connectivity index (χ1) is 12.5. The fourth-order valence-corrected chi connectivity index (χ4v) is 9.30. The zero-order valence-corrected chi connectivity index (χ0v) is 17.9. The number of hydrogen-bond acceptors (Lipinski definition) is 0. The highest BCUT2D eigenvalue weighted by molar-refractivity contribution is 4.99. The molecule has 9 aliphatic carbocycles. The Morgan fingerprint density at radius 3 is 1.21 bits per heavy atom. The lowest BCUT2D eigenvalue weighted by Crippen LogP contribution is -2.44. The molecular formula is C29H56. The van der Waals surface area contributed by atoms with E-state index in [1.165, 1.54) is 0 Å². The Bertz CT molecular complexity index is 453. The zero-order valence-electron chi connectivity index (χ0n) is 17.9. The molecule has 0 aromatic carbocycles. The number of rotatable bonds is 0. The molecule has 9 fully saturated rings. The third-order valence-electron chi connectivity index (χ3n) is 10.4.